The Morgan fingerprint density at radius 1 is 1.16 bits per heavy atom. The van der Waals surface area contributed by atoms with Crippen LogP contribution in [0.25, 0.3) is 0 Å². The highest BCUT2D eigenvalue weighted by Crippen LogP contribution is 2.37. The smallest absolute Gasteiger partial charge is 0.287 e. The predicted octanol–water partition coefficient (Wildman–Crippen LogP) is 4.02. The normalized spacial score (nSPS) is 9.68. The van der Waals surface area contributed by atoms with E-state index >= 15 is 0 Å². The molecule has 2 aromatic rings. The van der Waals surface area contributed by atoms with Gasteiger partial charge in [0.1, 0.15) is 22.0 Å². The van der Waals surface area contributed by atoms with Crippen LogP contribution < -0.4 is 4.74 Å². The number of nitro groups is 1. The highest BCUT2D eigenvalue weighted by atomic mass is 79.9. The Labute approximate surface area is 117 Å². The summed E-state index contributed by atoms with van der Waals surface area (Å²) in [4.78, 5) is 10.3. The van der Waals surface area contributed by atoms with Crippen molar-refractivity contribution in [2.45, 2.75) is 0 Å². The molecule has 0 aliphatic rings. The van der Waals surface area contributed by atoms with Crippen molar-refractivity contribution >= 4 is 21.6 Å². The van der Waals surface area contributed by atoms with Crippen molar-refractivity contribution in [3.05, 3.63) is 62.6 Å². The average molecular weight is 319 g/mol. The third-order valence-corrected chi connectivity index (χ3v) is 3.16. The highest BCUT2D eigenvalue weighted by molar-refractivity contribution is 9.10. The molecule has 0 fully saturated rings. The standard InChI is InChI=1S/C13H7BrN2O3/c14-13-10(16(17)18)5-3-7-12(13)19-11-6-2-1-4-9(11)8-15/h1-7H. The molecule has 0 bridgehead atoms. The van der Waals surface area contributed by atoms with E-state index in [1.54, 1.807) is 30.3 Å². The first-order valence-corrected chi connectivity index (χ1v) is 6.02. The molecule has 5 nitrogen and oxygen atoms in total. The van der Waals surface area contributed by atoms with Crippen LogP contribution in [0.1, 0.15) is 5.56 Å². The Bertz CT molecular complexity index is 680. The zero-order valence-corrected chi connectivity index (χ0v) is 11.1. The number of nitro benzene ring substituents is 1. The lowest BCUT2D eigenvalue weighted by atomic mass is 10.2. The van der Waals surface area contributed by atoms with Gasteiger partial charge in [-0.1, -0.05) is 18.2 Å². The van der Waals surface area contributed by atoms with E-state index in [1.807, 2.05) is 6.07 Å². The number of halogens is 1. The molecule has 0 saturated heterocycles. The van der Waals surface area contributed by atoms with Gasteiger partial charge in [0.2, 0.25) is 0 Å². The van der Waals surface area contributed by atoms with Crippen molar-refractivity contribution < 1.29 is 9.66 Å². The van der Waals surface area contributed by atoms with Crippen LogP contribution in [0.3, 0.4) is 0 Å². The summed E-state index contributed by atoms with van der Waals surface area (Å²) >= 11 is 3.14. The molecule has 0 heterocycles. The molecule has 0 unspecified atom stereocenters. The van der Waals surface area contributed by atoms with Crippen LogP contribution in [0.2, 0.25) is 0 Å². The Morgan fingerprint density at radius 3 is 2.53 bits per heavy atom. The molecule has 0 atom stereocenters. The lowest BCUT2D eigenvalue weighted by molar-refractivity contribution is -0.385. The van der Waals surface area contributed by atoms with Crippen molar-refractivity contribution in [1.82, 2.24) is 0 Å². The van der Waals surface area contributed by atoms with Gasteiger partial charge in [-0.3, -0.25) is 10.1 Å². The number of nitrogens with zero attached hydrogens (tertiary/aromatic N) is 2. The third-order valence-electron chi connectivity index (χ3n) is 2.37. The van der Waals surface area contributed by atoms with E-state index in [1.165, 1.54) is 12.1 Å². The van der Waals surface area contributed by atoms with Gasteiger partial charge in [-0.2, -0.15) is 5.26 Å². The molecule has 6 heteroatoms. The van der Waals surface area contributed by atoms with Crippen LogP contribution in [0.4, 0.5) is 5.69 Å². The van der Waals surface area contributed by atoms with E-state index in [4.69, 9.17) is 10.00 Å². The van der Waals surface area contributed by atoms with Gasteiger partial charge in [0.15, 0.2) is 0 Å². The first kappa shape index (κ1) is 13.1. The van der Waals surface area contributed by atoms with Crippen molar-refractivity contribution in [1.29, 1.82) is 5.26 Å². The molecule has 0 saturated carbocycles. The molecule has 19 heavy (non-hydrogen) atoms. The van der Waals surface area contributed by atoms with E-state index in [0.717, 1.165) is 0 Å². The first-order chi connectivity index (χ1) is 9.13. The van der Waals surface area contributed by atoms with Gasteiger partial charge < -0.3 is 4.74 Å². The molecule has 2 rings (SSSR count). The van der Waals surface area contributed by atoms with Crippen molar-refractivity contribution in [2.24, 2.45) is 0 Å². The third kappa shape index (κ3) is 2.72. The molecule has 0 aromatic heterocycles. The Morgan fingerprint density at radius 2 is 1.84 bits per heavy atom. The first-order valence-electron chi connectivity index (χ1n) is 5.23. The van der Waals surface area contributed by atoms with E-state index in [0.29, 0.717) is 11.3 Å². The van der Waals surface area contributed by atoms with Crippen LogP contribution in [0, 0.1) is 21.4 Å². The predicted molar refractivity (Wildman–Crippen MR) is 72.0 cm³/mol. The van der Waals surface area contributed by atoms with Gasteiger partial charge in [-0.15, -0.1) is 0 Å². The van der Waals surface area contributed by atoms with Gasteiger partial charge in [-0.05, 0) is 34.1 Å². The zero-order valence-electron chi connectivity index (χ0n) is 9.54. The average Bonchev–Trinajstić information content (AvgIpc) is 2.41. The van der Waals surface area contributed by atoms with E-state index in [2.05, 4.69) is 15.9 Å². The summed E-state index contributed by atoms with van der Waals surface area (Å²) in [6.07, 6.45) is 0. The zero-order chi connectivity index (χ0) is 13.8. The molecule has 0 aliphatic carbocycles. The summed E-state index contributed by atoms with van der Waals surface area (Å²) in [5.41, 5.74) is 0.271. The molecular weight excluding hydrogens is 312 g/mol. The number of benzene rings is 2. The fourth-order valence-corrected chi connectivity index (χ4v) is 1.98. The largest absolute Gasteiger partial charge is 0.455 e. The molecule has 0 amide bonds. The summed E-state index contributed by atoms with van der Waals surface area (Å²) in [5.74, 6) is 0.642. The summed E-state index contributed by atoms with van der Waals surface area (Å²) < 4.78 is 5.79. The summed E-state index contributed by atoms with van der Waals surface area (Å²) in [6.45, 7) is 0. The molecular formula is C13H7BrN2O3. The number of para-hydroxylation sites is 1. The number of hydrogen-bond donors (Lipinski definition) is 0. The maximum Gasteiger partial charge on any atom is 0.287 e. The Kier molecular flexibility index (Phi) is 3.78. The minimum Gasteiger partial charge on any atom is -0.455 e. The van der Waals surface area contributed by atoms with Crippen LogP contribution in [-0.4, -0.2) is 4.92 Å². The Balaban J connectivity index is 2.42. The van der Waals surface area contributed by atoms with Crippen molar-refractivity contribution in [3.8, 4) is 17.6 Å². The Hall–Kier alpha value is -2.39. The fraction of sp³-hybridized carbons (Fsp3) is 0. The minimum absolute atomic E-state index is 0.0908. The lowest BCUT2D eigenvalue weighted by Gasteiger charge is -2.08. The molecule has 0 spiro atoms. The quantitative estimate of drug-likeness (QED) is 0.632. The SMILES string of the molecule is N#Cc1ccccc1Oc1cccc([N+](=O)[O-])c1Br. The van der Waals surface area contributed by atoms with Crippen LogP contribution in [-0.2, 0) is 0 Å². The van der Waals surface area contributed by atoms with Crippen LogP contribution >= 0.6 is 15.9 Å². The van der Waals surface area contributed by atoms with Gasteiger partial charge >= 0.3 is 0 Å². The van der Waals surface area contributed by atoms with Gasteiger partial charge in [-0.25, -0.2) is 0 Å². The van der Waals surface area contributed by atoms with Crippen molar-refractivity contribution in [3.63, 3.8) is 0 Å². The second-order valence-electron chi connectivity index (χ2n) is 3.56. The van der Waals surface area contributed by atoms with E-state index in [9.17, 15) is 10.1 Å². The van der Waals surface area contributed by atoms with Gasteiger partial charge in [0.25, 0.3) is 5.69 Å². The summed E-state index contributed by atoms with van der Waals surface area (Å²) in [6, 6.07) is 13.2. The summed E-state index contributed by atoms with van der Waals surface area (Å²) in [5, 5.41) is 19.8. The number of hydrogen-bond acceptors (Lipinski definition) is 4. The highest BCUT2D eigenvalue weighted by Gasteiger charge is 2.17. The summed E-state index contributed by atoms with van der Waals surface area (Å²) in [7, 11) is 0. The van der Waals surface area contributed by atoms with Crippen molar-refractivity contribution in [2.75, 3.05) is 0 Å². The topological polar surface area (TPSA) is 76.2 Å². The molecule has 2 aromatic carbocycles. The minimum atomic E-state index is -0.507. The number of ether oxygens (including phenoxy) is 1. The van der Waals surface area contributed by atoms with E-state index in [-0.39, 0.29) is 15.9 Å². The van der Waals surface area contributed by atoms with E-state index < -0.39 is 4.92 Å². The number of rotatable bonds is 3. The number of nitriles is 1. The van der Waals surface area contributed by atoms with Crippen LogP contribution in [0.5, 0.6) is 11.5 Å². The maximum atomic E-state index is 10.8. The second-order valence-corrected chi connectivity index (χ2v) is 4.35. The second kappa shape index (κ2) is 5.50. The fourth-order valence-electron chi connectivity index (χ4n) is 1.49. The molecule has 0 aliphatic heterocycles. The van der Waals surface area contributed by atoms with Crippen LogP contribution in [0.15, 0.2) is 46.9 Å². The molecule has 0 N–H and O–H groups in total. The lowest BCUT2D eigenvalue weighted by Crippen LogP contribution is -1.93. The maximum absolute atomic E-state index is 10.8. The molecule has 0 radical (unpaired) electrons. The van der Waals surface area contributed by atoms with Gasteiger partial charge in [0.05, 0.1) is 10.5 Å². The monoisotopic (exact) mass is 318 g/mol. The molecule has 94 valence electrons. The van der Waals surface area contributed by atoms with Gasteiger partial charge in [0, 0.05) is 6.07 Å².